The van der Waals surface area contributed by atoms with Gasteiger partial charge in [0.05, 0.1) is 4.92 Å². The van der Waals surface area contributed by atoms with Crippen molar-refractivity contribution in [2.45, 2.75) is 39.0 Å². The maximum atomic E-state index is 11.2. The van der Waals surface area contributed by atoms with Crippen LogP contribution >= 0.6 is 0 Å². The Hall–Kier alpha value is -1.58. The lowest BCUT2D eigenvalue weighted by atomic mass is 9.86. The molecule has 1 spiro atoms. The van der Waals surface area contributed by atoms with Gasteiger partial charge in [0.1, 0.15) is 5.69 Å². The van der Waals surface area contributed by atoms with Crippen LogP contribution in [0.2, 0.25) is 0 Å². The molecule has 1 saturated carbocycles. The summed E-state index contributed by atoms with van der Waals surface area (Å²) < 4.78 is 0. The van der Waals surface area contributed by atoms with Crippen molar-refractivity contribution in [3.63, 3.8) is 0 Å². The number of aryl methyl sites for hydroxylation is 1. The summed E-state index contributed by atoms with van der Waals surface area (Å²) in [5.41, 5.74) is 2.46. The number of rotatable bonds is 2. The molecule has 1 aromatic rings. The Bertz CT molecular complexity index is 507. The zero-order chi connectivity index (χ0) is 13.5. The van der Waals surface area contributed by atoms with E-state index in [0.29, 0.717) is 5.41 Å². The molecule has 4 heteroatoms. The molecule has 0 unspecified atom stereocenters. The maximum Gasteiger partial charge on any atom is 0.292 e. The van der Waals surface area contributed by atoms with Crippen LogP contribution in [0.4, 0.5) is 11.4 Å². The molecule has 1 saturated heterocycles. The zero-order valence-corrected chi connectivity index (χ0v) is 11.4. The summed E-state index contributed by atoms with van der Waals surface area (Å²) in [6, 6.07) is 5.58. The van der Waals surface area contributed by atoms with Crippen molar-refractivity contribution < 1.29 is 4.92 Å². The van der Waals surface area contributed by atoms with E-state index < -0.39 is 0 Å². The lowest BCUT2D eigenvalue weighted by Gasteiger charge is -2.24. The second-order valence-electron chi connectivity index (χ2n) is 6.13. The van der Waals surface area contributed by atoms with Gasteiger partial charge in [-0.3, -0.25) is 10.1 Å². The first-order valence-corrected chi connectivity index (χ1v) is 7.10. The molecule has 3 rings (SSSR count). The van der Waals surface area contributed by atoms with E-state index in [9.17, 15) is 10.1 Å². The SMILES string of the molecule is Cc1ccc(N2CCC3(CCCC3)C2)c([N+](=O)[O-])c1. The third kappa shape index (κ3) is 2.20. The number of nitro benzene ring substituents is 1. The summed E-state index contributed by atoms with van der Waals surface area (Å²) in [6.07, 6.45) is 6.43. The summed E-state index contributed by atoms with van der Waals surface area (Å²) in [4.78, 5) is 13.2. The fourth-order valence-corrected chi connectivity index (χ4v) is 3.72. The lowest BCUT2D eigenvalue weighted by molar-refractivity contribution is -0.384. The van der Waals surface area contributed by atoms with E-state index >= 15 is 0 Å². The molecule has 0 aromatic heterocycles. The van der Waals surface area contributed by atoms with Gasteiger partial charge in [0.2, 0.25) is 0 Å². The number of benzene rings is 1. The van der Waals surface area contributed by atoms with Crippen molar-refractivity contribution in [2.24, 2.45) is 5.41 Å². The van der Waals surface area contributed by atoms with E-state index in [0.717, 1.165) is 24.3 Å². The Balaban J connectivity index is 1.89. The van der Waals surface area contributed by atoms with Crippen LogP contribution in [0.1, 0.15) is 37.7 Å². The van der Waals surface area contributed by atoms with Crippen molar-refractivity contribution in [3.8, 4) is 0 Å². The van der Waals surface area contributed by atoms with Gasteiger partial charge in [-0.15, -0.1) is 0 Å². The standard InChI is InChI=1S/C15H20N2O2/c1-12-4-5-13(14(10-12)17(18)19)16-9-8-15(11-16)6-2-3-7-15/h4-5,10H,2-3,6-9,11H2,1H3. The topological polar surface area (TPSA) is 46.4 Å². The molecule has 1 aliphatic carbocycles. The van der Waals surface area contributed by atoms with Crippen LogP contribution in [0.3, 0.4) is 0 Å². The summed E-state index contributed by atoms with van der Waals surface area (Å²) >= 11 is 0. The van der Waals surface area contributed by atoms with Crippen LogP contribution in [-0.2, 0) is 0 Å². The van der Waals surface area contributed by atoms with E-state index in [1.165, 1.54) is 32.1 Å². The minimum absolute atomic E-state index is 0.248. The Morgan fingerprint density at radius 1 is 1.26 bits per heavy atom. The largest absolute Gasteiger partial charge is 0.365 e. The molecule has 4 nitrogen and oxygen atoms in total. The van der Waals surface area contributed by atoms with Gasteiger partial charge in [-0.2, -0.15) is 0 Å². The van der Waals surface area contributed by atoms with Gasteiger partial charge in [-0.05, 0) is 43.2 Å². The molecule has 1 heterocycles. The maximum absolute atomic E-state index is 11.2. The number of anilines is 1. The van der Waals surface area contributed by atoms with E-state index in [-0.39, 0.29) is 10.6 Å². The van der Waals surface area contributed by atoms with Crippen molar-refractivity contribution >= 4 is 11.4 Å². The minimum Gasteiger partial charge on any atom is -0.365 e. The van der Waals surface area contributed by atoms with Gasteiger partial charge in [-0.25, -0.2) is 0 Å². The highest BCUT2D eigenvalue weighted by Crippen LogP contribution is 2.47. The van der Waals surface area contributed by atoms with Crippen LogP contribution in [0.15, 0.2) is 18.2 Å². The molecule has 102 valence electrons. The molecule has 1 aliphatic heterocycles. The summed E-state index contributed by atoms with van der Waals surface area (Å²) in [5, 5.41) is 11.2. The predicted molar refractivity (Wildman–Crippen MR) is 75.6 cm³/mol. The molecular weight excluding hydrogens is 240 g/mol. The second-order valence-corrected chi connectivity index (χ2v) is 6.13. The van der Waals surface area contributed by atoms with Gasteiger partial charge >= 0.3 is 0 Å². The van der Waals surface area contributed by atoms with E-state index in [1.807, 2.05) is 19.1 Å². The molecule has 0 radical (unpaired) electrons. The van der Waals surface area contributed by atoms with Crippen molar-refractivity contribution in [1.82, 2.24) is 0 Å². The highest BCUT2D eigenvalue weighted by atomic mass is 16.6. The molecular formula is C15H20N2O2. The third-order valence-electron chi connectivity index (χ3n) is 4.77. The first kappa shape index (κ1) is 12.5. The smallest absolute Gasteiger partial charge is 0.292 e. The molecule has 0 atom stereocenters. The number of nitro groups is 1. The van der Waals surface area contributed by atoms with Gasteiger partial charge < -0.3 is 4.90 Å². The highest BCUT2D eigenvalue weighted by Gasteiger charge is 2.41. The fraction of sp³-hybridized carbons (Fsp3) is 0.600. The Kier molecular flexibility index (Phi) is 2.96. The number of hydrogen-bond donors (Lipinski definition) is 0. The third-order valence-corrected chi connectivity index (χ3v) is 4.77. The van der Waals surface area contributed by atoms with Crippen LogP contribution in [0.5, 0.6) is 0 Å². The highest BCUT2D eigenvalue weighted by molar-refractivity contribution is 5.65. The first-order chi connectivity index (χ1) is 9.10. The average molecular weight is 260 g/mol. The molecule has 2 fully saturated rings. The molecule has 1 aromatic carbocycles. The first-order valence-electron chi connectivity index (χ1n) is 7.10. The zero-order valence-electron chi connectivity index (χ0n) is 11.4. The van der Waals surface area contributed by atoms with Crippen molar-refractivity contribution in [3.05, 3.63) is 33.9 Å². The van der Waals surface area contributed by atoms with Gasteiger partial charge in [-0.1, -0.05) is 18.9 Å². The fourth-order valence-electron chi connectivity index (χ4n) is 3.72. The van der Waals surface area contributed by atoms with Gasteiger partial charge in [0.25, 0.3) is 5.69 Å². The average Bonchev–Trinajstić information content (AvgIpc) is 3.00. The van der Waals surface area contributed by atoms with Crippen LogP contribution in [0, 0.1) is 22.5 Å². The molecule has 0 amide bonds. The van der Waals surface area contributed by atoms with E-state index in [4.69, 9.17) is 0 Å². The van der Waals surface area contributed by atoms with Crippen LogP contribution in [0.25, 0.3) is 0 Å². The molecule has 2 aliphatic rings. The van der Waals surface area contributed by atoms with Crippen LogP contribution in [-0.4, -0.2) is 18.0 Å². The second kappa shape index (κ2) is 4.51. The van der Waals surface area contributed by atoms with E-state index in [1.54, 1.807) is 6.07 Å². The Morgan fingerprint density at radius 2 is 2.00 bits per heavy atom. The molecule has 0 bridgehead atoms. The summed E-state index contributed by atoms with van der Waals surface area (Å²) in [6.45, 7) is 3.86. The van der Waals surface area contributed by atoms with Crippen molar-refractivity contribution in [2.75, 3.05) is 18.0 Å². The Labute approximate surface area is 113 Å². The number of hydrogen-bond acceptors (Lipinski definition) is 3. The quantitative estimate of drug-likeness (QED) is 0.602. The van der Waals surface area contributed by atoms with Crippen molar-refractivity contribution in [1.29, 1.82) is 0 Å². The van der Waals surface area contributed by atoms with Gasteiger partial charge in [0.15, 0.2) is 0 Å². The Morgan fingerprint density at radius 3 is 2.68 bits per heavy atom. The predicted octanol–water partition coefficient (Wildman–Crippen LogP) is 3.67. The summed E-state index contributed by atoms with van der Waals surface area (Å²) in [5.74, 6) is 0. The van der Waals surface area contributed by atoms with Crippen LogP contribution < -0.4 is 4.90 Å². The number of nitrogens with zero attached hydrogens (tertiary/aromatic N) is 2. The monoisotopic (exact) mass is 260 g/mol. The lowest BCUT2D eigenvalue weighted by Crippen LogP contribution is -2.25. The minimum atomic E-state index is -0.248. The van der Waals surface area contributed by atoms with Gasteiger partial charge in [0, 0.05) is 19.2 Å². The molecule has 19 heavy (non-hydrogen) atoms. The van der Waals surface area contributed by atoms with E-state index in [2.05, 4.69) is 4.90 Å². The molecule has 0 N–H and O–H groups in total. The normalized spacial score (nSPS) is 21.2. The summed E-state index contributed by atoms with van der Waals surface area (Å²) in [7, 11) is 0.